The Morgan fingerprint density at radius 1 is 1.00 bits per heavy atom. The number of aromatic amines is 1. The predicted octanol–water partition coefficient (Wildman–Crippen LogP) is 4.11. The minimum absolute atomic E-state index is 0.0244. The lowest BCUT2D eigenvalue weighted by Gasteiger charge is -2.35. The van der Waals surface area contributed by atoms with E-state index in [0.717, 1.165) is 35.9 Å². The van der Waals surface area contributed by atoms with Crippen LogP contribution in [0.3, 0.4) is 0 Å². The van der Waals surface area contributed by atoms with Gasteiger partial charge >= 0.3 is 12.1 Å². The molecule has 1 unspecified atom stereocenters. The summed E-state index contributed by atoms with van der Waals surface area (Å²) in [5.74, 6) is -3.79. The minimum Gasteiger partial charge on any atom is -0.378 e. The highest BCUT2D eigenvalue weighted by Crippen LogP contribution is 2.48. The quantitative estimate of drug-likeness (QED) is 0.646. The number of aliphatic hydroxyl groups is 1. The maximum atomic E-state index is 15.1. The van der Waals surface area contributed by atoms with Gasteiger partial charge in [-0.25, -0.2) is 4.98 Å². The van der Waals surface area contributed by atoms with Crippen molar-refractivity contribution in [1.29, 1.82) is 0 Å². The number of hydrogen-bond acceptors (Lipinski definition) is 4. The fourth-order valence-corrected chi connectivity index (χ4v) is 3.33. The zero-order valence-electron chi connectivity index (χ0n) is 13.0. The second-order valence-corrected chi connectivity index (χ2v) is 6.54. The molecule has 1 aromatic carbocycles. The normalized spacial score (nSPS) is 15.0. The standard InChI is InChI=1S/C16H12F5N3OS/c17-15(18,12-2-1-7-26-12)14(25,8-13-22-9-23-24-13)10-3-5-11(6-4-10)16(19,20)21/h1-7,9,25H,8H2,(H,22,23,24). The van der Waals surface area contributed by atoms with Crippen molar-refractivity contribution in [2.75, 3.05) is 0 Å². The second-order valence-electron chi connectivity index (χ2n) is 5.60. The number of thiophene rings is 1. The molecule has 0 aliphatic carbocycles. The molecule has 0 saturated heterocycles. The van der Waals surface area contributed by atoms with Crippen molar-refractivity contribution in [1.82, 2.24) is 15.2 Å². The van der Waals surface area contributed by atoms with E-state index >= 15 is 8.78 Å². The second kappa shape index (κ2) is 6.44. The molecule has 0 amide bonds. The van der Waals surface area contributed by atoms with E-state index in [0.29, 0.717) is 12.1 Å². The van der Waals surface area contributed by atoms with E-state index in [1.54, 1.807) is 0 Å². The Kier molecular flexibility index (Phi) is 4.57. The van der Waals surface area contributed by atoms with Crippen LogP contribution in [0.4, 0.5) is 22.0 Å². The monoisotopic (exact) mass is 389 g/mol. The van der Waals surface area contributed by atoms with Gasteiger partial charge in [-0.05, 0) is 29.1 Å². The lowest BCUT2D eigenvalue weighted by molar-refractivity contribution is -0.194. The summed E-state index contributed by atoms with van der Waals surface area (Å²) in [7, 11) is 0. The zero-order chi connectivity index (χ0) is 19.0. The molecule has 2 heterocycles. The molecule has 3 aromatic rings. The predicted molar refractivity (Wildman–Crippen MR) is 83.6 cm³/mol. The molecule has 0 saturated carbocycles. The molecule has 26 heavy (non-hydrogen) atoms. The highest BCUT2D eigenvalue weighted by molar-refractivity contribution is 7.10. The van der Waals surface area contributed by atoms with Gasteiger partial charge in [-0.3, -0.25) is 5.10 Å². The average Bonchev–Trinajstić information content (AvgIpc) is 3.27. The van der Waals surface area contributed by atoms with Gasteiger partial charge in [0.2, 0.25) is 0 Å². The first-order valence-electron chi connectivity index (χ1n) is 7.31. The third-order valence-corrected chi connectivity index (χ3v) is 4.87. The molecule has 0 aliphatic rings. The van der Waals surface area contributed by atoms with Crippen LogP contribution < -0.4 is 0 Å². The number of nitrogens with zero attached hydrogens (tertiary/aromatic N) is 2. The van der Waals surface area contributed by atoms with Gasteiger partial charge in [0.15, 0.2) is 5.60 Å². The molecular weight excluding hydrogens is 377 g/mol. The molecular formula is C16H12F5N3OS. The van der Waals surface area contributed by atoms with Crippen molar-refractivity contribution < 1.29 is 27.1 Å². The van der Waals surface area contributed by atoms with Crippen LogP contribution in [-0.2, 0) is 24.1 Å². The van der Waals surface area contributed by atoms with E-state index in [2.05, 4.69) is 15.2 Å². The number of aromatic nitrogens is 3. The molecule has 10 heteroatoms. The van der Waals surface area contributed by atoms with Gasteiger partial charge in [-0.1, -0.05) is 18.2 Å². The SMILES string of the molecule is OC(Cc1ncn[nH]1)(c1ccc(C(F)(F)F)cc1)C(F)(F)c1cccs1. The van der Waals surface area contributed by atoms with Crippen molar-refractivity contribution in [2.24, 2.45) is 0 Å². The summed E-state index contributed by atoms with van der Waals surface area (Å²) in [6, 6.07) is 5.56. The van der Waals surface area contributed by atoms with Crippen molar-refractivity contribution in [2.45, 2.75) is 24.1 Å². The van der Waals surface area contributed by atoms with Crippen molar-refractivity contribution in [3.63, 3.8) is 0 Å². The number of nitrogens with one attached hydrogen (secondary N) is 1. The topological polar surface area (TPSA) is 61.8 Å². The van der Waals surface area contributed by atoms with Crippen LogP contribution in [0, 0.1) is 0 Å². The van der Waals surface area contributed by atoms with E-state index in [4.69, 9.17) is 0 Å². The molecule has 138 valence electrons. The number of H-pyrrole nitrogens is 1. The molecule has 2 N–H and O–H groups in total. The molecule has 0 spiro atoms. The first kappa shape index (κ1) is 18.5. The van der Waals surface area contributed by atoms with Gasteiger partial charge in [0.25, 0.3) is 0 Å². The van der Waals surface area contributed by atoms with Crippen LogP contribution in [0.25, 0.3) is 0 Å². The van der Waals surface area contributed by atoms with Crippen LogP contribution in [0.1, 0.15) is 21.8 Å². The lowest BCUT2D eigenvalue weighted by atomic mass is 9.82. The summed E-state index contributed by atoms with van der Waals surface area (Å²) in [4.78, 5) is 3.32. The molecule has 0 fully saturated rings. The Morgan fingerprint density at radius 2 is 1.65 bits per heavy atom. The molecule has 4 nitrogen and oxygen atoms in total. The van der Waals surface area contributed by atoms with Gasteiger partial charge in [-0.15, -0.1) is 11.3 Å². The molecule has 3 rings (SSSR count). The Morgan fingerprint density at radius 3 is 2.15 bits per heavy atom. The third kappa shape index (κ3) is 3.21. The summed E-state index contributed by atoms with van der Waals surface area (Å²) >= 11 is 0.735. The first-order chi connectivity index (χ1) is 12.1. The fraction of sp³-hybridized carbons (Fsp3) is 0.250. The summed E-state index contributed by atoms with van der Waals surface area (Å²) in [5.41, 5.74) is -4.18. The minimum atomic E-state index is -4.61. The van der Waals surface area contributed by atoms with Crippen LogP contribution in [0.2, 0.25) is 0 Å². The summed E-state index contributed by atoms with van der Waals surface area (Å²) in [6.45, 7) is 0. The molecule has 0 aliphatic heterocycles. The average molecular weight is 389 g/mol. The maximum Gasteiger partial charge on any atom is 0.416 e. The van der Waals surface area contributed by atoms with Crippen molar-refractivity contribution in [3.05, 3.63) is 69.9 Å². The van der Waals surface area contributed by atoms with E-state index in [1.165, 1.54) is 11.4 Å². The number of hydrogen-bond donors (Lipinski definition) is 2. The summed E-state index contributed by atoms with van der Waals surface area (Å²) < 4.78 is 68.5. The number of benzene rings is 1. The summed E-state index contributed by atoms with van der Waals surface area (Å²) in [5, 5.41) is 18.3. The zero-order valence-corrected chi connectivity index (χ0v) is 13.8. The smallest absolute Gasteiger partial charge is 0.378 e. The van der Waals surface area contributed by atoms with Crippen LogP contribution in [-0.4, -0.2) is 20.3 Å². The van der Waals surface area contributed by atoms with Crippen molar-refractivity contribution in [3.8, 4) is 0 Å². The molecule has 0 radical (unpaired) electrons. The van der Waals surface area contributed by atoms with E-state index in [-0.39, 0.29) is 11.4 Å². The fourth-order valence-electron chi connectivity index (χ4n) is 2.55. The van der Waals surface area contributed by atoms with Gasteiger partial charge in [-0.2, -0.15) is 27.1 Å². The highest BCUT2D eigenvalue weighted by Gasteiger charge is 2.56. The summed E-state index contributed by atoms with van der Waals surface area (Å²) in [6.07, 6.45) is -4.19. The van der Waals surface area contributed by atoms with Crippen LogP contribution in [0.5, 0.6) is 0 Å². The number of alkyl halides is 5. The maximum absolute atomic E-state index is 15.1. The Labute approximate surface area is 148 Å². The molecule has 0 bridgehead atoms. The first-order valence-corrected chi connectivity index (χ1v) is 8.19. The Balaban J connectivity index is 2.09. The van der Waals surface area contributed by atoms with Crippen LogP contribution in [0.15, 0.2) is 48.1 Å². The molecule has 2 aromatic heterocycles. The number of halogens is 5. The van der Waals surface area contributed by atoms with Gasteiger partial charge in [0.05, 0.1) is 10.4 Å². The number of rotatable bonds is 5. The van der Waals surface area contributed by atoms with E-state index < -0.39 is 34.6 Å². The van der Waals surface area contributed by atoms with Crippen LogP contribution >= 0.6 is 11.3 Å². The van der Waals surface area contributed by atoms with Gasteiger partial charge in [0.1, 0.15) is 12.2 Å². The third-order valence-electron chi connectivity index (χ3n) is 3.93. The highest BCUT2D eigenvalue weighted by atomic mass is 32.1. The Hall–Kier alpha value is -2.33. The van der Waals surface area contributed by atoms with Crippen molar-refractivity contribution >= 4 is 11.3 Å². The largest absolute Gasteiger partial charge is 0.416 e. The van der Waals surface area contributed by atoms with Gasteiger partial charge < -0.3 is 5.11 Å². The Bertz CT molecular complexity index is 847. The lowest BCUT2D eigenvalue weighted by Crippen LogP contribution is -2.45. The van der Waals surface area contributed by atoms with Gasteiger partial charge in [0, 0.05) is 6.42 Å². The molecule has 1 atom stereocenters. The van der Waals surface area contributed by atoms with E-state index in [9.17, 15) is 18.3 Å². The van der Waals surface area contributed by atoms with E-state index in [1.807, 2.05) is 0 Å².